The Morgan fingerprint density at radius 3 is 2.36 bits per heavy atom. The van der Waals surface area contributed by atoms with Gasteiger partial charge in [0.05, 0.1) is 0 Å². The Hall–Kier alpha value is -2.75. The number of benzene rings is 2. The highest BCUT2D eigenvalue weighted by Gasteiger charge is 2.46. The highest BCUT2D eigenvalue weighted by Crippen LogP contribution is 2.50. The van der Waals surface area contributed by atoms with Gasteiger partial charge in [0.2, 0.25) is 0 Å². The van der Waals surface area contributed by atoms with Crippen LogP contribution in [0.2, 0.25) is 0 Å². The van der Waals surface area contributed by atoms with Crippen LogP contribution >= 0.6 is 0 Å². The summed E-state index contributed by atoms with van der Waals surface area (Å²) < 4.78 is 42.4. The van der Waals surface area contributed by atoms with E-state index in [0.717, 1.165) is 24.2 Å². The zero-order valence-corrected chi connectivity index (χ0v) is 25.6. The van der Waals surface area contributed by atoms with E-state index in [1.165, 1.54) is 35.9 Å². The van der Waals surface area contributed by atoms with Crippen LogP contribution in [0.25, 0.3) is 0 Å². The Bertz CT molecular complexity index is 1280. The molecule has 2 aromatic rings. The van der Waals surface area contributed by atoms with E-state index >= 15 is 4.39 Å². The van der Waals surface area contributed by atoms with E-state index in [1.54, 1.807) is 0 Å². The van der Waals surface area contributed by atoms with Crippen molar-refractivity contribution >= 4 is 22.6 Å². The van der Waals surface area contributed by atoms with Gasteiger partial charge in [-0.15, -0.1) is 0 Å². The fourth-order valence-electron chi connectivity index (χ4n) is 6.91. The summed E-state index contributed by atoms with van der Waals surface area (Å²) in [7, 11) is -1.42. The van der Waals surface area contributed by atoms with E-state index in [9.17, 15) is 18.2 Å². The third kappa shape index (κ3) is 7.99. The maximum atomic E-state index is 15.0. The van der Waals surface area contributed by atoms with Crippen LogP contribution in [-0.2, 0) is 26.8 Å². The fourth-order valence-corrected chi connectivity index (χ4v) is 8.02. The summed E-state index contributed by atoms with van der Waals surface area (Å²) >= 11 is 0. The van der Waals surface area contributed by atoms with Crippen molar-refractivity contribution in [2.75, 3.05) is 31.3 Å². The monoisotopic (exact) mass is 599 g/mol. The van der Waals surface area contributed by atoms with Gasteiger partial charge in [0, 0.05) is 41.3 Å². The number of nitrogens with zero attached hydrogens (tertiary/aromatic N) is 2. The molecule has 2 aromatic carbocycles. The van der Waals surface area contributed by atoms with Crippen LogP contribution in [0.4, 0.5) is 8.78 Å². The minimum Gasteiger partial charge on any atom is -0.330 e. The molecule has 42 heavy (non-hydrogen) atoms. The largest absolute Gasteiger partial charge is 0.330 e. The number of amides is 2. The number of imide groups is 1. The molecule has 0 saturated heterocycles. The van der Waals surface area contributed by atoms with Gasteiger partial charge in [-0.05, 0) is 91.3 Å². The number of hydrogen-bond donors (Lipinski definition) is 1. The molecule has 228 valence electrons. The summed E-state index contributed by atoms with van der Waals surface area (Å²) in [4.78, 5) is 27.4. The molecule has 6 nitrogen and oxygen atoms in total. The molecule has 2 N–H and O–H groups in total. The van der Waals surface area contributed by atoms with Crippen molar-refractivity contribution in [2.24, 2.45) is 23.0 Å². The topological polar surface area (TPSA) is 83.7 Å². The number of hydrogen-bond acceptors (Lipinski definition) is 5. The molecule has 0 bridgehead atoms. The van der Waals surface area contributed by atoms with E-state index in [2.05, 4.69) is 37.8 Å². The molecule has 4 unspecified atom stereocenters. The Morgan fingerprint density at radius 2 is 1.71 bits per heavy atom. The van der Waals surface area contributed by atoms with Gasteiger partial charge in [-0.2, -0.15) is 0 Å². The van der Waals surface area contributed by atoms with Crippen LogP contribution in [-0.4, -0.2) is 63.1 Å². The Morgan fingerprint density at radius 1 is 1.02 bits per heavy atom. The van der Waals surface area contributed by atoms with Crippen LogP contribution in [0, 0.1) is 28.9 Å². The van der Waals surface area contributed by atoms with Crippen LogP contribution in [0.15, 0.2) is 60.7 Å². The second kappa shape index (κ2) is 14.1. The van der Waals surface area contributed by atoms with Crippen LogP contribution in [0.5, 0.6) is 0 Å². The molecule has 1 aliphatic carbocycles. The number of carbonyl (C=O) groups is 2. The SMILES string of the molecule is CC(C)(C)[C@H](C1CC(c2cc(F)ccc2F)CC1Cc1ccccc1)N(CCCN)CCS(=O)CN1C(=O)C=CC1=O. The lowest BCUT2D eigenvalue weighted by molar-refractivity contribution is -0.135. The van der Waals surface area contributed by atoms with E-state index in [-0.39, 0.29) is 40.9 Å². The molecule has 0 spiro atoms. The lowest BCUT2D eigenvalue weighted by Gasteiger charge is -2.46. The third-order valence-corrected chi connectivity index (χ3v) is 9.79. The molecule has 1 aliphatic heterocycles. The van der Waals surface area contributed by atoms with Crippen molar-refractivity contribution in [3.63, 3.8) is 0 Å². The van der Waals surface area contributed by atoms with Crippen LogP contribution < -0.4 is 5.73 Å². The summed E-state index contributed by atoms with van der Waals surface area (Å²) in [6, 6.07) is 14.1. The van der Waals surface area contributed by atoms with Crippen molar-refractivity contribution in [3.05, 3.63) is 83.4 Å². The van der Waals surface area contributed by atoms with E-state index in [4.69, 9.17) is 5.73 Å². The maximum Gasteiger partial charge on any atom is 0.254 e. The summed E-state index contributed by atoms with van der Waals surface area (Å²) in [6.45, 7) is 8.32. The second-order valence-electron chi connectivity index (χ2n) is 12.6. The number of rotatable bonds is 13. The molecule has 1 heterocycles. The van der Waals surface area contributed by atoms with E-state index in [0.29, 0.717) is 37.4 Å². The maximum absolute atomic E-state index is 15.0. The standard InChI is InChI=1S/C33H43F2N3O3S/c1-33(2,3)32(37(15-7-14-36)16-17-42(41)22-38-30(39)12-13-31(38)40)28-20-25(27-21-26(34)10-11-29(27)35)19-24(28)18-23-8-5-4-6-9-23/h4-6,8-13,21,24-25,28,32H,7,14-20,22,36H2,1-3H3/t24?,25?,28?,32-,42?/m0/s1. The van der Waals surface area contributed by atoms with E-state index < -0.39 is 28.4 Å². The highest BCUT2D eigenvalue weighted by atomic mass is 32.2. The van der Waals surface area contributed by atoms with Crippen molar-refractivity contribution in [3.8, 4) is 0 Å². The lowest BCUT2D eigenvalue weighted by Crippen LogP contribution is -2.52. The molecule has 0 aromatic heterocycles. The molecule has 9 heteroatoms. The van der Waals surface area contributed by atoms with E-state index in [1.807, 2.05) is 18.2 Å². The molecular weight excluding hydrogens is 556 g/mol. The first-order valence-corrected chi connectivity index (χ1v) is 16.3. The van der Waals surface area contributed by atoms with Gasteiger partial charge in [0.1, 0.15) is 17.5 Å². The zero-order chi connectivity index (χ0) is 30.4. The molecule has 5 atom stereocenters. The minimum atomic E-state index is -1.42. The smallest absolute Gasteiger partial charge is 0.254 e. The Balaban J connectivity index is 1.61. The Kier molecular flexibility index (Phi) is 10.8. The average Bonchev–Trinajstić information content (AvgIpc) is 3.49. The molecule has 2 aliphatic rings. The number of carbonyl (C=O) groups excluding carboxylic acids is 2. The summed E-state index contributed by atoms with van der Waals surface area (Å²) in [5, 5.41) is 0. The Labute approximate surface area is 250 Å². The first kappa shape index (κ1) is 32.2. The summed E-state index contributed by atoms with van der Waals surface area (Å²) in [5.41, 5.74) is 7.40. The van der Waals surface area contributed by atoms with Crippen LogP contribution in [0.1, 0.15) is 57.1 Å². The highest BCUT2D eigenvalue weighted by molar-refractivity contribution is 7.84. The van der Waals surface area contributed by atoms with Gasteiger partial charge in [-0.3, -0.25) is 23.6 Å². The molecule has 1 fully saturated rings. The quantitative estimate of drug-likeness (QED) is 0.327. The number of nitrogens with two attached hydrogens (primary N) is 1. The van der Waals surface area contributed by atoms with Gasteiger partial charge in [-0.25, -0.2) is 8.78 Å². The predicted molar refractivity (Wildman–Crippen MR) is 163 cm³/mol. The third-order valence-electron chi connectivity index (χ3n) is 8.60. The summed E-state index contributed by atoms with van der Waals surface area (Å²) in [6.07, 6.45) is 5.44. The number of halogens is 2. The molecule has 2 amide bonds. The normalized spacial score (nSPS) is 22.4. The molecular formula is C33H43F2N3O3S. The summed E-state index contributed by atoms with van der Waals surface area (Å²) in [5.74, 6) is -1.24. The lowest BCUT2D eigenvalue weighted by atomic mass is 9.72. The van der Waals surface area contributed by atoms with Gasteiger partial charge in [0.15, 0.2) is 0 Å². The molecule has 1 saturated carbocycles. The molecule has 4 rings (SSSR count). The van der Waals surface area contributed by atoms with Crippen molar-refractivity contribution in [2.45, 2.75) is 58.4 Å². The van der Waals surface area contributed by atoms with Gasteiger partial charge in [0.25, 0.3) is 11.8 Å². The molecule has 0 radical (unpaired) electrons. The first-order valence-electron chi connectivity index (χ1n) is 14.8. The van der Waals surface area contributed by atoms with Gasteiger partial charge < -0.3 is 5.73 Å². The fraction of sp³-hybridized carbons (Fsp3) is 0.515. The van der Waals surface area contributed by atoms with Gasteiger partial charge >= 0.3 is 0 Å². The second-order valence-corrected chi connectivity index (χ2v) is 14.2. The van der Waals surface area contributed by atoms with Crippen molar-refractivity contribution in [1.82, 2.24) is 9.80 Å². The van der Waals surface area contributed by atoms with Crippen LogP contribution in [0.3, 0.4) is 0 Å². The van der Waals surface area contributed by atoms with Crippen molar-refractivity contribution < 1.29 is 22.6 Å². The minimum absolute atomic E-state index is 0.0492. The zero-order valence-electron chi connectivity index (χ0n) is 24.8. The van der Waals surface area contributed by atoms with Crippen molar-refractivity contribution in [1.29, 1.82) is 0 Å². The average molecular weight is 600 g/mol. The predicted octanol–water partition coefficient (Wildman–Crippen LogP) is 5.01. The first-order chi connectivity index (χ1) is 20.0. The van der Waals surface area contributed by atoms with Gasteiger partial charge in [-0.1, -0.05) is 51.1 Å².